The van der Waals surface area contributed by atoms with Crippen molar-refractivity contribution in [3.05, 3.63) is 151 Å². The summed E-state index contributed by atoms with van der Waals surface area (Å²) in [4.78, 5) is 19.8. The largest absolute Gasteiger partial charge is 0.278 e. The number of benzene rings is 5. The molecule has 1 aliphatic carbocycles. The number of fused-ring (bicyclic) bond motifs is 6. The first kappa shape index (κ1) is 26.5. The van der Waals surface area contributed by atoms with Gasteiger partial charge < -0.3 is 0 Å². The van der Waals surface area contributed by atoms with Gasteiger partial charge in [0.25, 0.3) is 0 Å². The molecule has 0 saturated carbocycles. The molecule has 8 aromatic rings. The van der Waals surface area contributed by atoms with Gasteiger partial charge in [-0.2, -0.15) is 0 Å². The Kier molecular flexibility index (Phi) is 5.78. The van der Waals surface area contributed by atoms with E-state index in [1.54, 1.807) is 0 Å². The van der Waals surface area contributed by atoms with E-state index in [4.69, 9.17) is 19.9 Å². The van der Waals surface area contributed by atoms with E-state index < -0.39 is 0 Å². The number of rotatable bonds is 4. The minimum Gasteiger partial charge on any atom is -0.278 e. The molecular formula is C41H29N5. The van der Waals surface area contributed by atoms with Gasteiger partial charge >= 0.3 is 0 Å². The molecule has 0 atom stereocenters. The second-order valence-corrected chi connectivity index (χ2v) is 12.4. The molecular weight excluding hydrogens is 562 g/mol. The van der Waals surface area contributed by atoms with Crippen LogP contribution in [-0.2, 0) is 5.41 Å². The van der Waals surface area contributed by atoms with Crippen LogP contribution < -0.4 is 0 Å². The van der Waals surface area contributed by atoms with Crippen molar-refractivity contribution in [1.82, 2.24) is 24.5 Å². The van der Waals surface area contributed by atoms with E-state index in [0.717, 1.165) is 39.1 Å². The summed E-state index contributed by atoms with van der Waals surface area (Å²) < 4.78 is 2.19. The smallest absolute Gasteiger partial charge is 0.234 e. The molecule has 0 saturated heterocycles. The van der Waals surface area contributed by atoms with Gasteiger partial charge in [0, 0.05) is 45.3 Å². The molecule has 0 spiro atoms. The Balaban J connectivity index is 1.21. The molecule has 0 bridgehead atoms. The molecule has 3 heterocycles. The zero-order chi connectivity index (χ0) is 30.8. The van der Waals surface area contributed by atoms with Crippen LogP contribution in [-0.4, -0.2) is 24.5 Å². The third-order valence-corrected chi connectivity index (χ3v) is 9.34. The average Bonchev–Trinajstić information content (AvgIpc) is 3.56. The molecule has 5 aromatic carbocycles. The van der Waals surface area contributed by atoms with Crippen LogP contribution in [0.5, 0.6) is 0 Å². The first-order valence-corrected chi connectivity index (χ1v) is 15.6. The van der Waals surface area contributed by atoms with Crippen molar-refractivity contribution in [2.24, 2.45) is 0 Å². The molecule has 218 valence electrons. The molecule has 3 aromatic heterocycles. The maximum atomic E-state index is 4.97. The summed E-state index contributed by atoms with van der Waals surface area (Å²) in [6.07, 6.45) is 3.75. The molecule has 46 heavy (non-hydrogen) atoms. The van der Waals surface area contributed by atoms with Crippen molar-refractivity contribution >= 4 is 21.8 Å². The second kappa shape index (κ2) is 10.0. The molecule has 0 aliphatic heterocycles. The van der Waals surface area contributed by atoms with Crippen LogP contribution >= 0.6 is 0 Å². The zero-order valence-corrected chi connectivity index (χ0v) is 25.5. The standard InChI is InChI=1S/C41H29N5/c1-41(2)33-19-11-9-17-29(33)31-22-38-32(21-34(31)41)30-18-10-12-20-37(30)46(38)40-42-24-28(25-43-40)36-23-35(26-13-5-3-6-14-26)44-39(45-36)27-15-7-4-8-16-27/h3-25H,1-2H3. The lowest BCUT2D eigenvalue weighted by atomic mass is 9.82. The SMILES string of the molecule is CC1(C)c2ccccc2-c2cc3c(cc21)c1ccccc1n3-c1ncc(-c2cc(-c3ccccc3)nc(-c3ccccc3)n2)cn1. The zero-order valence-electron chi connectivity index (χ0n) is 25.5. The van der Waals surface area contributed by atoms with E-state index in [1.807, 2.05) is 67.0 Å². The van der Waals surface area contributed by atoms with E-state index in [0.29, 0.717) is 11.8 Å². The minimum absolute atomic E-state index is 0.0732. The van der Waals surface area contributed by atoms with Gasteiger partial charge in [0.2, 0.25) is 5.95 Å². The van der Waals surface area contributed by atoms with Crippen LogP contribution in [0, 0.1) is 0 Å². The summed E-state index contributed by atoms with van der Waals surface area (Å²) in [6.45, 7) is 4.65. The van der Waals surface area contributed by atoms with Crippen molar-refractivity contribution < 1.29 is 0 Å². The second-order valence-electron chi connectivity index (χ2n) is 12.4. The van der Waals surface area contributed by atoms with E-state index in [2.05, 4.69) is 91.2 Å². The van der Waals surface area contributed by atoms with Crippen LogP contribution in [0.25, 0.3) is 72.8 Å². The molecule has 0 fully saturated rings. The van der Waals surface area contributed by atoms with Gasteiger partial charge in [0.05, 0.1) is 22.4 Å². The van der Waals surface area contributed by atoms with Crippen molar-refractivity contribution in [3.8, 4) is 51.0 Å². The highest BCUT2D eigenvalue weighted by Gasteiger charge is 2.36. The summed E-state index contributed by atoms with van der Waals surface area (Å²) in [5, 5.41) is 2.40. The van der Waals surface area contributed by atoms with Gasteiger partial charge in [-0.25, -0.2) is 19.9 Å². The van der Waals surface area contributed by atoms with Crippen molar-refractivity contribution in [2.75, 3.05) is 0 Å². The maximum absolute atomic E-state index is 4.97. The lowest BCUT2D eigenvalue weighted by Crippen LogP contribution is -2.14. The Morgan fingerprint density at radius 1 is 0.500 bits per heavy atom. The fraction of sp³-hybridized carbons (Fsp3) is 0.0732. The molecule has 9 rings (SSSR count). The topological polar surface area (TPSA) is 56.5 Å². The third kappa shape index (κ3) is 4.02. The van der Waals surface area contributed by atoms with Crippen LogP contribution in [0.3, 0.4) is 0 Å². The Morgan fingerprint density at radius 3 is 1.89 bits per heavy atom. The fourth-order valence-corrected chi connectivity index (χ4v) is 7.02. The predicted octanol–water partition coefficient (Wildman–Crippen LogP) is 9.67. The summed E-state index contributed by atoms with van der Waals surface area (Å²) in [5.74, 6) is 1.29. The highest BCUT2D eigenvalue weighted by Crippen LogP contribution is 2.50. The summed E-state index contributed by atoms with van der Waals surface area (Å²) >= 11 is 0. The summed E-state index contributed by atoms with van der Waals surface area (Å²) in [5.41, 5.74) is 11.8. The molecule has 0 unspecified atom stereocenters. The highest BCUT2D eigenvalue weighted by molar-refractivity contribution is 6.11. The van der Waals surface area contributed by atoms with Gasteiger partial charge in [-0.1, -0.05) is 117 Å². The Labute approximate surface area is 266 Å². The quantitative estimate of drug-likeness (QED) is 0.204. The first-order chi connectivity index (χ1) is 22.6. The Hall–Kier alpha value is -5.94. The van der Waals surface area contributed by atoms with Crippen LogP contribution in [0.1, 0.15) is 25.0 Å². The van der Waals surface area contributed by atoms with E-state index >= 15 is 0 Å². The number of para-hydroxylation sites is 1. The van der Waals surface area contributed by atoms with Crippen LogP contribution in [0.2, 0.25) is 0 Å². The molecule has 5 nitrogen and oxygen atoms in total. The molecule has 0 radical (unpaired) electrons. The van der Waals surface area contributed by atoms with Crippen molar-refractivity contribution in [1.29, 1.82) is 0 Å². The number of hydrogen-bond acceptors (Lipinski definition) is 4. The molecule has 0 N–H and O–H groups in total. The summed E-state index contributed by atoms with van der Waals surface area (Å²) in [6, 6.07) is 44.3. The van der Waals surface area contributed by atoms with Gasteiger partial charge in [-0.15, -0.1) is 0 Å². The Morgan fingerprint density at radius 2 is 1.13 bits per heavy atom. The van der Waals surface area contributed by atoms with Gasteiger partial charge in [-0.3, -0.25) is 4.57 Å². The first-order valence-electron chi connectivity index (χ1n) is 15.6. The van der Waals surface area contributed by atoms with Crippen molar-refractivity contribution in [3.63, 3.8) is 0 Å². The third-order valence-electron chi connectivity index (χ3n) is 9.34. The number of nitrogens with zero attached hydrogens (tertiary/aromatic N) is 5. The molecule has 0 amide bonds. The number of aromatic nitrogens is 5. The number of hydrogen-bond donors (Lipinski definition) is 0. The van der Waals surface area contributed by atoms with E-state index in [9.17, 15) is 0 Å². The maximum Gasteiger partial charge on any atom is 0.234 e. The van der Waals surface area contributed by atoms with Crippen molar-refractivity contribution in [2.45, 2.75) is 19.3 Å². The molecule has 1 aliphatic rings. The van der Waals surface area contributed by atoms with Gasteiger partial charge in [-0.05, 0) is 46.5 Å². The normalized spacial score (nSPS) is 13.2. The average molecular weight is 592 g/mol. The lowest BCUT2D eigenvalue weighted by Gasteiger charge is -2.21. The predicted molar refractivity (Wildman–Crippen MR) is 186 cm³/mol. The van der Waals surface area contributed by atoms with Crippen LogP contribution in [0.15, 0.2) is 140 Å². The fourth-order valence-electron chi connectivity index (χ4n) is 7.02. The van der Waals surface area contributed by atoms with Gasteiger partial charge in [0.1, 0.15) is 0 Å². The minimum atomic E-state index is -0.0732. The van der Waals surface area contributed by atoms with E-state index in [-0.39, 0.29) is 5.41 Å². The van der Waals surface area contributed by atoms with E-state index in [1.165, 1.54) is 33.0 Å². The monoisotopic (exact) mass is 591 g/mol. The lowest BCUT2D eigenvalue weighted by molar-refractivity contribution is 0.661. The highest BCUT2D eigenvalue weighted by atomic mass is 15.1. The summed E-state index contributed by atoms with van der Waals surface area (Å²) in [7, 11) is 0. The van der Waals surface area contributed by atoms with Gasteiger partial charge in [0.15, 0.2) is 5.82 Å². The Bertz CT molecular complexity index is 2370. The van der Waals surface area contributed by atoms with Crippen LogP contribution in [0.4, 0.5) is 0 Å². The molecule has 5 heteroatoms.